The van der Waals surface area contributed by atoms with Crippen LogP contribution in [0.2, 0.25) is 0 Å². The van der Waals surface area contributed by atoms with Crippen molar-refractivity contribution >= 4 is 49.2 Å². The summed E-state index contributed by atoms with van der Waals surface area (Å²) in [6.45, 7) is 1.96. The Morgan fingerprint density at radius 1 is 1.19 bits per heavy atom. The summed E-state index contributed by atoms with van der Waals surface area (Å²) in [6, 6.07) is 11.6. The highest BCUT2D eigenvalue weighted by Gasteiger charge is 2.34. The summed E-state index contributed by atoms with van der Waals surface area (Å²) >= 11 is 5.04. The highest BCUT2D eigenvalue weighted by atomic mass is 79.9. The summed E-state index contributed by atoms with van der Waals surface area (Å²) in [7, 11) is 3.28. The normalized spacial score (nSPS) is 15.6. The van der Waals surface area contributed by atoms with Gasteiger partial charge >= 0.3 is 0 Å². The van der Waals surface area contributed by atoms with Gasteiger partial charge in [0.1, 0.15) is 17.3 Å². The second kappa shape index (κ2) is 7.65. The molecule has 0 spiro atoms. The number of hydrogen-bond donors (Lipinski definition) is 1. The first-order chi connectivity index (χ1) is 15.0. The highest BCUT2D eigenvalue weighted by molar-refractivity contribution is 9.10. The molecule has 2 aromatic carbocycles. The van der Waals surface area contributed by atoms with Crippen LogP contribution in [0.3, 0.4) is 0 Å². The van der Waals surface area contributed by atoms with E-state index in [0.29, 0.717) is 17.4 Å². The summed E-state index contributed by atoms with van der Waals surface area (Å²) in [5, 5.41) is 8.46. The summed E-state index contributed by atoms with van der Waals surface area (Å²) in [6.07, 6.45) is 0.323. The summed E-state index contributed by atoms with van der Waals surface area (Å²) in [5.41, 5.74) is 3.63. The Balaban J connectivity index is 1.67. The van der Waals surface area contributed by atoms with Crippen molar-refractivity contribution < 1.29 is 14.3 Å². The van der Waals surface area contributed by atoms with Crippen LogP contribution in [0.15, 0.2) is 40.9 Å². The molecule has 2 aromatic heterocycles. The molecule has 158 valence electrons. The first-order valence-corrected chi connectivity index (χ1v) is 11.3. The van der Waals surface area contributed by atoms with Gasteiger partial charge < -0.3 is 14.8 Å². The molecule has 0 saturated carbocycles. The molecular formula is C22H19BrN4O3S. The van der Waals surface area contributed by atoms with Gasteiger partial charge in [-0.3, -0.25) is 4.79 Å². The molecule has 1 amide bonds. The minimum Gasteiger partial charge on any atom is -0.497 e. The molecule has 31 heavy (non-hydrogen) atoms. The van der Waals surface area contributed by atoms with E-state index in [1.165, 1.54) is 11.3 Å². The van der Waals surface area contributed by atoms with Gasteiger partial charge in [-0.2, -0.15) is 9.78 Å². The van der Waals surface area contributed by atoms with Crippen LogP contribution in [0, 0.1) is 6.92 Å². The zero-order valence-electron chi connectivity index (χ0n) is 17.1. The van der Waals surface area contributed by atoms with Gasteiger partial charge in [-0.1, -0.05) is 27.3 Å². The van der Waals surface area contributed by atoms with E-state index in [4.69, 9.17) is 19.6 Å². The molecule has 9 heteroatoms. The lowest BCUT2D eigenvalue weighted by Crippen LogP contribution is -2.25. The Hall–Kier alpha value is -2.91. The van der Waals surface area contributed by atoms with E-state index in [0.717, 1.165) is 43.0 Å². The van der Waals surface area contributed by atoms with Crippen molar-refractivity contribution in [1.82, 2.24) is 14.8 Å². The number of amides is 1. The molecule has 0 fully saturated rings. The van der Waals surface area contributed by atoms with E-state index < -0.39 is 0 Å². The largest absolute Gasteiger partial charge is 0.497 e. The highest BCUT2D eigenvalue weighted by Crippen LogP contribution is 2.44. The van der Waals surface area contributed by atoms with Gasteiger partial charge in [-0.25, -0.2) is 4.98 Å². The number of rotatable bonds is 4. The Morgan fingerprint density at radius 2 is 2.03 bits per heavy atom. The van der Waals surface area contributed by atoms with Crippen molar-refractivity contribution in [3.05, 3.63) is 57.7 Å². The van der Waals surface area contributed by atoms with Crippen LogP contribution in [-0.2, 0) is 4.79 Å². The van der Waals surface area contributed by atoms with Crippen molar-refractivity contribution in [3.63, 3.8) is 0 Å². The average molecular weight is 499 g/mol. The molecule has 5 rings (SSSR count). The maximum Gasteiger partial charge on any atom is 0.226 e. The molecule has 4 aromatic rings. The van der Waals surface area contributed by atoms with Gasteiger partial charge in [-0.05, 0) is 43.3 Å². The van der Waals surface area contributed by atoms with Gasteiger partial charge in [-0.15, -0.1) is 0 Å². The predicted molar refractivity (Wildman–Crippen MR) is 124 cm³/mol. The van der Waals surface area contributed by atoms with Gasteiger partial charge in [0.15, 0.2) is 0 Å². The molecule has 1 aliphatic rings. The number of thiazole rings is 1. The summed E-state index contributed by atoms with van der Waals surface area (Å²) in [5.74, 6) is 1.94. The van der Waals surface area contributed by atoms with Crippen LogP contribution < -0.4 is 14.8 Å². The van der Waals surface area contributed by atoms with E-state index in [1.54, 1.807) is 18.9 Å². The first kappa shape index (κ1) is 20.0. The number of hydrogen-bond acceptors (Lipinski definition) is 6. The second-order valence-corrected chi connectivity index (χ2v) is 9.21. The molecule has 0 bridgehead atoms. The number of carbonyl (C=O) groups excluding carboxylic acids is 1. The van der Waals surface area contributed by atoms with Crippen molar-refractivity contribution in [2.75, 3.05) is 19.5 Å². The van der Waals surface area contributed by atoms with E-state index >= 15 is 0 Å². The van der Waals surface area contributed by atoms with Crippen LogP contribution in [0.5, 0.6) is 11.5 Å². The summed E-state index contributed by atoms with van der Waals surface area (Å²) < 4.78 is 14.6. The number of aryl methyl sites for hydroxylation is 1. The minimum atomic E-state index is -0.167. The van der Waals surface area contributed by atoms with E-state index in [1.807, 2.05) is 43.3 Å². The lowest BCUT2D eigenvalue weighted by Gasteiger charge is -2.25. The van der Waals surface area contributed by atoms with Crippen molar-refractivity contribution in [1.29, 1.82) is 0 Å². The monoisotopic (exact) mass is 498 g/mol. The Labute approximate surface area is 191 Å². The number of halogens is 1. The third kappa shape index (κ3) is 3.37. The standard InChI is InChI=1S/C22H19BrN4O3S/c1-11-20-15(14-8-12(23)4-7-17(14)30-3)10-19(28)25-21(20)27(26-11)22-24-16-6-5-13(29-2)9-18(16)31-22/h4-9,15H,10H2,1-3H3,(H,25,28). The number of methoxy groups -OCH3 is 2. The number of aromatic nitrogens is 3. The zero-order chi connectivity index (χ0) is 21.7. The lowest BCUT2D eigenvalue weighted by molar-refractivity contribution is -0.116. The van der Waals surface area contributed by atoms with Crippen molar-refractivity contribution in [3.8, 4) is 16.6 Å². The van der Waals surface area contributed by atoms with Gasteiger partial charge in [0.2, 0.25) is 11.0 Å². The number of benzene rings is 2. The average Bonchev–Trinajstić information content (AvgIpc) is 3.33. The van der Waals surface area contributed by atoms with Crippen LogP contribution >= 0.6 is 27.3 Å². The van der Waals surface area contributed by atoms with Crippen LogP contribution in [0.1, 0.15) is 29.2 Å². The number of nitrogens with zero attached hydrogens (tertiary/aromatic N) is 3. The van der Waals surface area contributed by atoms with E-state index in [-0.39, 0.29) is 11.8 Å². The SMILES string of the molecule is COc1ccc2nc(-n3nc(C)c4c3NC(=O)CC4c3cc(Br)ccc3OC)sc2c1. The molecule has 1 unspecified atom stereocenters. The lowest BCUT2D eigenvalue weighted by atomic mass is 9.85. The van der Waals surface area contributed by atoms with Crippen LogP contribution in [0.25, 0.3) is 15.3 Å². The van der Waals surface area contributed by atoms with Gasteiger partial charge in [0.05, 0.1) is 30.1 Å². The number of nitrogens with one attached hydrogen (secondary N) is 1. The fourth-order valence-corrected chi connectivity index (χ4v) is 5.37. The molecule has 0 saturated heterocycles. The Morgan fingerprint density at radius 3 is 2.81 bits per heavy atom. The quantitative estimate of drug-likeness (QED) is 0.426. The fraction of sp³-hybridized carbons (Fsp3) is 0.227. The smallest absolute Gasteiger partial charge is 0.226 e. The molecule has 1 N–H and O–H groups in total. The molecule has 7 nitrogen and oxygen atoms in total. The van der Waals surface area contributed by atoms with Gasteiger partial charge in [0.25, 0.3) is 0 Å². The third-order valence-corrected chi connectivity index (χ3v) is 6.92. The second-order valence-electron chi connectivity index (χ2n) is 7.28. The maximum atomic E-state index is 12.7. The number of ether oxygens (including phenoxy) is 2. The topological polar surface area (TPSA) is 78.3 Å². The van der Waals surface area contributed by atoms with E-state index in [2.05, 4.69) is 21.2 Å². The molecule has 0 aliphatic carbocycles. The first-order valence-electron chi connectivity index (χ1n) is 9.66. The number of fused-ring (bicyclic) bond motifs is 2. The fourth-order valence-electron chi connectivity index (χ4n) is 4.04. The molecule has 0 radical (unpaired) electrons. The zero-order valence-corrected chi connectivity index (χ0v) is 19.5. The molecule has 1 aliphatic heterocycles. The number of anilines is 1. The summed E-state index contributed by atoms with van der Waals surface area (Å²) in [4.78, 5) is 17.4. The Kier molecular flexibility index (Phi) is 4.94. The molecule has 1 atom stereocenters. The molecular weight excluding hydrogens is 480 g/mol. The van der Waals surface area contributed by atoms with E-state index in [9.17, 15) is 4.79 Å². The van der Waals surface area contributed by atoms with Crippen molar-refractivity contribution in [2.45, 2.75) is 19.3 Å². The van der Waals surface area contributed by atoms with Crippen LogP contribution in [-0.4, -0.2) is 34.9 Å². The minimum absolute atomic E-state index is 0.0662. The predicted octanol–water partition coefficient (Wildman–Crippen LogP) is 5.04. The third-order valence-electron chi connectivity index (χ3n) is 5.44. The van der Waals surface area contributed by atoms with Crippen LogP contribution in [0.4, 0.5) is 5.82 Å². The van der Waals surface area contributed by atoms with Crippen molar-refractivity contribution in [2.24, 2.45) is 0 Å². The van der Waals surface area contributed by atoms with Gasteiger partial charge in [0, 0.05) is 27.9 Å². The molecule has 3 heterocycles. The Bertz CT molecular complexity index is 1330. The number of carbonyl (C=O) groups is 1. The maximum absolute atomic E-state index is 12.7.